The van der Waals surface area contributed by atoms with Crippen LogP contribution in [-0.4, -0.2) is 76.3 Å². The summed E-state index contributed by atoms with van der Waals surface area (Å²) in [6.07, 6.45) is 2.30. The number of carbonyl (C=O) groups is 2. The molecule has 1 N–H and O–H groups in total. The maximum atomic E-state index is 12.5. The summed E-state index contributed by atoms with van der Waals surface area (Å²) in [4.78, 5) is 27.0. The van der Waals surface area contributed by atoms with E-state index < -0.39 is 12.0 Å². The summed E-state index contributed by atoms with van der Waals surface area (Å²) >= 11 is 1.59. The van der Waals surface area contributed by atoms with Gasteiger partial charge >= 0.3 is 12.0 Å². The summed E-state index contributed by atoms with van der Waals surface area (Å²) in [5.74, 6) is 0.391. The first kappa shape index (κ1) is 13.1. The van der Waals surface area contributed by atoms with E-state index in [9.17, 15) is 14.7 Å². The number of morpholine rings is 1. The maximum absolute atomic E-state index is 12.5. The third-order valence-corrected chi connectivity index (χ3v) is 5.00. The highest BCUT2D eigenvalue weighted by molar-refractivity contribution is 7.99. The van der Waals surface area contributed by atoms with Gasteiger partial charge in [0.15, 0.2) is 0 Å². The van der Waals surface area contributed by atoms with E-state index in [2.05, 4.69) is 0 Å². The van der Waals surface area contributed by atoms with Gasteiger partial charge in [0.2, 0.25) is 0 Å². The zero-order chi connectivity index (χ0) is 13.4. The predicted octanol–water partition coefficient (Wildman–Crippen LogP) is 0.472. The first-order valence-corrected chi connectivity index (χ1v) is 7.82. The number of aliphatic carboxylic acids is 1. The molecule has 0 aliphatic carbocycles. The van der Waals surface area contributed by atoms with Crippen LogP contribution >= 0.6 is 11.8 Å². The molecular formula is C12H18N2O4S. The number of thioether (sulfide) groups is 1. The molecule has 3 aliphatic rings. The molecule has 106 valence electrons. The molecule has 7 heteroatoms. The fraction of sp³-hybridized carbons (Fsp3) is 0.833. The number of ether oxygens (including phenoxy) is 1. The van der Waals surface area contributed by atoms with Gasteiger partial charge in [0.05, 0.1) is 12.2 Å². The minimum absolute atomic E-state index is 0.132. The SMILES string of the molecule is O=C(O)C1CSCCN1C(=O)N1CC2CCC(C1)O2. The quantitative estimate of drug-likeness (QED) is 0.759. The number of urea groups is 1. The molecule has 2 amide bonds. The third-order valence-electron chi connectivity index (χ3n) is 3.97. The summed E-state index contributed by atoms with van der Waals surface area (Å²) < 4.78 is 5.71. The van der Waals surface area contributed by atoms with Crippen molar-refractivity contribution in [2.24, 2.45) is 0 Å². The van der Waals surface area contributed by atoms with E-state index in [0.717, 1.165) is 18.6 Å². The van der Waals surface area contributed by atoms with E-state index in [-0.39, 0.29) is 18.2 Å². The lowest BCUT2D eigenvalue weighted by molar-refractivity contribution is -0.141. The lowest BCUT2D eigenvalue weighted by Crippen LogP contribution is -2.57. The van der Waals surface area contributed by atoms with Crippen molar-refractivity contribution in [1.29, 1.82) is 0 Å². The van der Waals surface area contributed by atoms with Crippen molar-refractivity contribution in [2.75, 3.05) is 31.1 Å². The minimum atomic E-state index is -0.906. The van der Waals surface area contributed by atoms with E-state index in [1.807, 2.05) is 0 Å². The van der Waals surface area contributed by atoms with Crippen molar-refractivity contribution in [3.05, 3.63) is 0 Å². The van der Waals surface area contributed by atoms with Crippen LogP contribution in [0, 0.1) is 0 Å². The molecule has 3 heterocycles. The number of hydrogen-bond acceptors (Lipinski definition) is 4. The normalized spacial score (nSPS) is 34.4. The Morgan fingerprint density at radius 2 is 1.89 bits per heavy atom. The van der Waals surface area contributed by atoms with Gasteiger partial charge in [-0.2, -0.15) is 11.8 Å². The minimum Gasteiger partial charge on any atom is -0.480 e. The van der Waals surface area contributed by atoms with Crippen molar-refractivity contribution < 1.29 is 19.4 Å². The average molecular weight is 286 g/mol. The van der Waals surface area contributed by atoms with Gasteiger partial charge in [0.25, 0.3) is 0 Å². The Morgan fingerprint density at radius 1 is 1.21 bits per heavy atom. The second-order valence-electron chi connectivity index (χ2n) is 5.27. The van der Waals surface area contributed by atoms with Crippen LogP contribution in [0.25, 0.3) is 0 Å². The number of fused-ring (bicyclic) bond motifs is 2. The van der Waals surface area contributed by atoms with E-state index in [1.165, 1.54) is 4.90 Å². The summed E-state index contributed by atoms with van der Waals surface area (Å²) in [5, 5.41) is 9.22. The van der Waals surface area contributed by atoms with Crippen LogP contribution in [0.4, 0.5) is 4.79 Å². The van der Waals surface area contributed by atoms with Crippen LogP contribution in [0.15, 0.2) is 0 Å². The van der Waals surface area contributed by atoms with E-state index >= 15 is 0 Å². The molecule has 3 aliphatic heterocycles. The third kappa shape index (κ3) is 2.53. The molecule has 6 nitrogen and oxygen atoms in total. The van der Waals surface area contributed by atoms with Crippen molar-refractivity contribution in [3.63, 3.8) is 0 Å². The molecule has 3 atom stereocenters. The number of carbonyl (C=O) groups excluding carboxylic acids is 1. The van der Waals surface area contributed by atoms with Gasteiger partial charge in [-0.15, -0.1) is 0 Å². The van der Waals surface area contributed by atoms with Crippen molar-refractivity contribution in [2.45, 2.75) is 31.1 Å². The van der Waals surface area contributed by atoms with Gasteiger partial charge in [-0.05, 0) is 12.8 Å². The average Bonchev–Trinajstić information content (AvgIpc) is 2.76. The molecule has 0 aromatic heterocycles. The van der Waals surface area contributed by atoms with Crippen molar-refractivity contribution >= 4 is 23.8 Å². The molecular weight excluding hydrogens is 268 g/mol. The Morgan fingerprint density at radius 3 is 2.53 bits per heavy atom. The Kier molecular flexibility index (Phi) is 3.58. The number of amides is 2. The Balaban J connectivity index is 1.69. The number of nitrogens with zero attached hydrogens (tertiary/aromatic N) is 2. The first-order chi connectivity index (χ1) is 9.15. The molecule has 0 radical (unpaired) electrons. The fourth-order valence-electron chi connectivity index (χ4n) is 2.99. The van der Waals surface area contributed by atoms with Gasteiger partial charge in [-0.25, -0.2) is 9.59 Å². The first-order valence-electron chi connectivity index (χ1n) is 6.66. The largest absolute Gasteiger partial charge is 0.480 e. The molecule has 3 saturated heterocycles. The highest BCUT2D eigenvalue weighted by Crippen LogP contribution is 2.28. The number of carboxylic acid groups (broad SMARTS) is 1. The lowest BCUT2D eigenvalue weighted by atomic mass is 10.2. The second-order valence-corrected chi connectivity index (χ2v) is 6.42. The summed E-state index contributed by atoms with van der Waals surface area (Å²) in [5.41, 5.74) is 0. The van der Waals surface area contributed by atoms with Crippen LogP contribution in [0.3, 0.4) is 0 Å². The second kappa shape index (κ2) is 5.20. The molecule has 19 heavy (non-hydrogen) atoms. The summed E-state index contributed by atoms with van der Waals surface area (Å²) in [6.45, 7) is 1.73. The van der Waals surface area contributed by atoms with Crippen LogP contribution in [-0.2, 0) is 9.53 Å². The van der Waals surface area contributed by atoms with Crippen molar-refractivity contribution in [1.82, 2.24) is 9.80 Å². The number of likely N-dealkylation sites (tertiary alicyclic amines) is 1. The van der Waals surface area contributed by atoms with Gasteiger partial charge in [0.1, 0.15) is 6.04 Å². The summed E-state index contributed by atoms with van der Waals surface area (Å²) in [7, 11) is 0. The van der Waals surface area contributed by atoms with Crippen LogP contribution < -0.4 is 0 Å². The highest BCUT2D eigenvalue weighted by atomic mass is 32.2. The fourth-order valence-corrected chi connectivity index (χ4v) is 4.03. The van der Waals surface area contributed by atoms with Gasteiger partial charge in [0, 0.05) is 31.1 Å². The van der Waals surface area contributed by atoms with Gasteiger partial charge in [-0.3, -0.25) is 0 Å². The maximum Gasteiger partial charge on any atom is 0.327 e. The van der Waals surface area contributed by atoms with E-state index in [4.69, 9.17) is 4.74 Å². The molecule has 2 bridgehead atoms. The highest BCUT2D eigenvalue weighted by Gasteiger charge is 2.40. The van der Waals surface area contributed by atoms with Gasteiger partial charge < -0.3 is 19.6 Å². The molecule has 0 aromatic rings. The Hall–Kier alpha value is -0.950. The number of carboxylic acids is 1. The molecule has 0 spiro atoms. The Labute approximate surface area is 116 Å². The number of rotatable bonds is 1. The Bertz CT molecular complexity index is 380. The van der Waals surface area contributed by atoms with Crippen LogP contribution in [0.1, 0.15) is 12.8 Å². The number of hydrogen-bond donors (Lipinski definition) is 1. The monoisotopic (exact) mass is 286 g/mol. The topological polar surface area (TPSA) is 70.1 Å². The zero-order valence-corrected chi connectivity index (χ0v) is 11.5. The molecule has 0 aromatic carbocycles. The molecule has 3 fully saturated rings. The van der Waals surface area contributed by atoms with Crippen LogP contribution in [0.5, 0.6) is 0 Å². The lowest BCUT2D eigenvalue weighted by Gasteiger charge is -2.39. The zero-order valence-electron chi connectivity index (χ0n) is 10.7. The standard InChI is InChI=1S/C12H18N2O4S/c15-11(16)10-7-19-4-3-14(10)12(17)13-5-8-1-2-9(6-13)18-8/h8-10H,1-7H2,(H,15,16). The summed E-state index contributed by atoms with van der Waals surface area (Å²) in [6, 6.07) is -0.820. The van der Waals surface area contributed by atoms with E-state index in [0.29, 0.717) is 25.4 Å². The van der Waals surface area contributed by atoms with Crippen molar-refractivity contribution in [3.8, 4) is 0 Å². The molecule has 0 saturated carbocycles. The van der Waals surface area contributed by atoms with E-state index in [1.54, 1.807) is 16.7 Å². The van der Waals surface area contributed by atoms with Gasteiger partial charge in [-0.1, -0.05) is 0 Å². The predicted molar refractivity (Wildman–Crippen MR) is 70.3 cm³/mol. The molecule has 3 rings (SSSR count). The molecule has 3 unspecified atom stereocenters. The van der Waals surface area contributed by atoms with Crippen LogP contribution in [0.2, 0.25) is 0 Å². The smallest absolute Gasteiger partial charge is 0.327 e.